The molecule has 4 nitrogen and oxygen atoms in total. The number of carboxylic acids is 1. The van der Waals surface area contributed by atoms with Crippen molar-refractivity contribution in [1.29, 1.82) is 0 Å². The Hall–Kier alpha value is -2.43. The van der Waals surface area contributed by atoms with Crippen LogP contribution in [0.2, 0.25) is 0 Å². The van der Waals surface area contributed by atoms with Gasteiger partial charge < -0.3 is 10.1 Å². The van der Waals surface area contributed by atoms with Crippen LogP contribution in [-0.4, -0.2) is 16.1 Å². The summed E-state index contributed by atoms with van der Waals surface area (Å²) in [6, 6.07) is 6.75. The van der Waals surface area contributed by atoms with E-state index in [1.165, 1.54) is 36.5 Å². The third-order valence-corrected chi connectivity index (χ3v) is 2.33. The van der Waals surface area contributed by atoms with E-state index in [1.807, 2.05) is 0 Å². The summed E-state index contributed by atoms with van der Waals surface area (Å²) in [5.74, 6) is -1.73. The van der Waals surface area contributed by atoms with E-state index in [2.05, 4.69) is 4.98 Å². The van der Waals surface area contributed by atoms with E-state index in [0.29, 0.717) is 5.56 Å². The minimum absolute atomic E-state index is 0.265. The number of aromatic nitrogens is 1. The van der Waals surface area contributed by atoms with Crippen LogP contribution in [0.15, 0.2) is 41.3 Å². The highest BCUT2D eigenvalue weighted by atomic mass is 19.1. The van der Waals surface area contributed by atoms with Gasteiger partial charge in [0.25, 0.3) is 5.56 Å². The molecule has 0 aliphatic rings. The summed E-state index contributed by atoms with van der Waals surface area (Å²) in [7, 11) is 0. The Balaban J connectivity index is 2.67. The molecule has 17 heavy (non-hydrogen) atoms. The fourth-order valence-electron chi connectivity index (χ4n) is 1.56. The summed E-state index contributed by atoms with van der Waals surface area (Å²) >= 11 is 0. The first-order chi connectivity index (χ1) is 8.09. The Morgan fingerprint density at radius 2 is 1.82 bits per heavy atom. The number of H-pyrrole nitrogens is 1. The average Bonchev–Trinajstić information content (AvgIpc) is 2.29. The monoisotopic (exact) mass is 233 g/mol. The summed E-state index contributed by atoms with van der Waals surface area (Å²) in [6.45, 7) is 0. The molecule has 1 aromatic carbocycles. The minimum atomic E-state index is -1.31. The fourth-order valence-corrected chi connectivity index (χ4v) is 1.56. The van der Waals surface area contributed by atoms with Gasteiger partial charge in [-0.05, 0) is 23.8 Å². The quantitative estimate of drug-likeness (QED) is 0.831. The molecule has 2 rings (SSSR count). The van der Waals surface area contributed by atoms with Crippen LogP contribution in [0.5, 0.6) is 0 Å². The van der Waals surface area contributed by atoms with Crippen molar-refractivity contribution in [3.8, 4) is 11.1 Å². The van der Waals surface area contributed by atoms with E-state index in [4.69, 9.17) is 5.11 Å². The van der Waals surface area contributed by atoms with E-state index in [9.17, 15) is 14.0 Å². The van der Waals surface area contributed by atoms with E-state index in [-0.39, 0.29) is 11.1 Å². The lowest BCUT2D eigenvalue weighted by Crippen LogP contribution is -2.18. The molecule has 1 heterocycles. The summed E-state index contributed by atoms with van der Waals surface area (Å²) in [5.41, 5.74) is -0.283. The zero-order valence-corrected chi connectivity index (χ0v) is 8.61. The van der Waals surface area contributed by atoms with Crippen LogP contribution >= 0.6 is 0 Å². The van der Waals surface area contributed by atoms with Crippen molar-refractivity contribution in [2.75, 3.05) is 0 Å². The smallest absolute Gasteiger partial charge is 0.341 e. The summed E-state index contributed by atoms with van der Waals surface area (Å²) in [5, 5.41) is 8.97. The van der Waals surface area contributed by atoms with Gasteiger partial charge >= 0.3 is 5.97 Å². The van der Waals surface area contributed by atoms with Crippen molar-refractivity contribution in [3.05, 3.63) is 58.3 Å². The van der Waals surface area contributed by atoms with Crippen LogP contribution in [0, 0.1) is 5.82 Å². The Bertz CT molecular complexity index is 616. The SMILES string of the molecule is O=C(O)c1c(-c2ccc(F)cc2)cc[nH]c1=O. The lowest BCUT2D eigenvalue weighted by Gasteiger charge is -2.04. The first-order valence-corrected chi connectivity index (χ1v) is 4.80. The number of rotatable bonds is 2. The molecular weight excluding hydrogens is 225 g/mol. The van der Waals surface area contributed by atoms with Gasteiger partial charge in [-0.25, -0.2) is 9.18 Å². The maximum Gasteiger partial charge on any atom is 0.341 e. The van der Waals surface area contributed by atoms with Gasteiger partial charge in [0.2, 0.25) is 0 Å². The molecule has 0 saturated heterocycles. The first-order valence-electron chi connectivity index (χ1n) is 4.80. The van der Waals surface area contributed by atoms with Crippen LogP contribution < -0.4 is 5.56 Å². The number of aromatic amines is 1. The Kier molecular flexibility index (Phi) is 2.74. The zero-order valence-electron chi connectivity index (χ0n) is 8.61. The molecule has 0 unspecified atom stereocenters. The molecule has 0 amide bonds. The normalized spacial score (nSPS) is 10.2. The number of hydrogen-bond donors (Lipinski definition) is 2. The predicted octanol–water partition coefficient (Wildman–Crippen LogP) is 1.88. The Morgan fingerprint density at radius 3 is 2.41 bits per heavy atom. The lowest BCUT2D eigenvalue weighted by atomic mass is 10.0. The first kappa shape index (κ1) is 11.1. The minimum Gasteiger partial charge on any atom is -0.477 e. The molecular formula is C12H8FNO3. The van der Waals surface area contributed by atoms with Gasteiger partial charge in [0.15, 0.2) is 0 Å². The molecule has 0 bridgehead atoms. The van der Waals surface area contributed by atoms with Crippen LogP contribution in [0.1, 0.15) is 10.4 Å². The topological polar surface area (TPSA) is 70.2 Å². The lowest BCUT2D eigenvalue weighted by molar-refractivity contribution is 0.0696. The van der Waals surface area contributed by atoms with Crippen LogP contribution in [0.25, 0.3) is 11.1 Å². The second-order valence-corrected chi connectivity index (χ2v) is 3.41. The number of carboxylic acid groups (broad SMARTS) is 1. The van der Waals surface area contributed by atoms with Crippen molar-refractivity contribution in [2.45, 2.75) is 0 Å². The van der Waals surface area contributed by atoms with Gasteiger partial charge in [-0.3, -0.25) is 4.79 Å². The van der Waals surface area contributed by atoms with Crippen molar-refractivity contribution < 1.29 is 14.3 Å². The van der Waals surface area contributed by atoms with Gasteiger partial charge in [0, 0.05) is 11.8 Å². The van der Waals surface area contributed by atoms with Crippen molar-refractivity contribution in [2.24, 2.45) is 0 Å². The van der Waals surface area contributed by atoms with E-state index in [1.54, 1.807) is 0 Å². The molecule has 0 atom stereocenters. The van der Waals surface area contributed by atoms with E-state index < -0.39 is 17.3 Å². The highest BCUT2D eigenvalue weighted by Crippen LogP contribution is 2.21. The molecule has 86 valence electrons. The molecule has 0 radical (unpaired) electrons. The molecule has 0 aliphatic heterocycles. The van der Waals surface area contributed by atoms with Crippen LogP contribution in [0.4, 0.5) is 4.39 Å². The van der Waals surface area contributed by atoms with E-state index in [0.717, 1.165) is 0 Å². The van der Waals surface area contributed by atoms with Crippen LogP contribution in [0.3, 0.4) is 0 Å². The van der Waals surface area contributed by atoms with Crippen molar-refractivity contribution in [1.82, 2.24) is 4.98 Å². The van der Waals surface area contributed by atoms with Crippen molar-refractivity contribution >= 4 is 5.97 Å². The Morgan fingerprint density at radius 1 is 1.18 bits per heavy atom. The van der Waals surface area contributed by atoms with Gasteiger partial charge in [0.05, 0.1) is 0 Å². The number of pyridine rings is 1. The highest BCUT2D eigenvalue weighted by molar-refractivity contribution is 5.95. The largest absolute Gasteiger partial charge is 0.477 e. The van der Waals surface area contributed by atoms with Gasteiger partial charge in [0.1, 0.15) is 11.4 Å². The number of carbonyl (C=O) groups is 1. The predicted molar refractivity (Wildman–Crippen MR) is 59.4 cm³/mol. The van der Waals surface area contributed by atoms with Gasteiger partial charge in [-0.2, -0.15) is 0 Å². The third-order valence-electron chi connectivity index (χ3n) is 2.33. The number of benzene rings is 1. The second-order valence-electron chi connectivity index (χ2n) is 3.41. The van der Waals surface area contributed by atoms with E-state index >= 15 is 0 Å². The average molecular weight is 233 g/mol. The number of nitrogens with one attached hydrogen (secondary N) is 1. The van der Waals surface area contributed by atoms with Gasteiger partial charge in [-0.15, -0.1) is 0 Å². The molecule has 2 aromatic rings. The number of hydrogen-bond acceptors (Lipinski definition) is 2. The zero-order chi connectivity index (χ0) is 12.4. The highest BCUT2D eigenvalue weighted by Gasteiger charge is 2.15. The fraction of sp³-hybridized carbons (Fsp3) is 0. The number of aromatic carboxylic acids is 1. The van der Waals surface area contributed by atoms with Gasteiger partial charge in [-0.1, -0.05) is 12.1 Å². The summed E-state index contributed by atoms with van der Waals surface area (Å²) < 4.78 is 12.8. The molecule has 1 aromatic heterocycles. The maximum absolute atomic E-state index is 12.8. The number of halogens is 1. The summed E-state index contributed by atoms with van der Waals surface area (Å²) in [4.78, 5) is 24.7. The molecule has 0 spiro atoms. The molecule has 0 fully saturated rings. The maximum atomic E-state index is 12.8. The summed E-state index contributed by atoms with van der Waals surface area (Å²) in [6.07, 6.45) is 1.35. The standard InChI is InChI=1S/C12H8FNO3/c13-8-3-1-7(2-4-8)9-5-6-14-11(15)10(9)12(16)17/h1-6H,(H,14,15)(H,16,17). The third kappa shape index (κ3) is 2.08. The Labute approximate surface area is 95.4 Å². The molecule has 0 aliphatic carbocycles. The second kappa shape index (κ2) is 4.21. The van der Waals surface area contributed by atoms with Crippen molar-refractivity contribution in [3.63, 3.8) is 0 Å². The molecule has 0 saturated carbocycles. The molecule has 5 heteroatoms. The molecule has 2 N–H and O–H groups in total. The van der Waals surface area contributed by atoms with Crippen LogP contribution in [-0.2, 0) is 0 Å².